The van der Waals surface area contributed by atoms with Gasteiger partial charge in [0.1, 0.15) is 5.15 Å². The summed E-state index contributed by atoms with van der Waals surface area (Å²) in [5.41, 5.74) is 1.30. The first-order valence-electron chi connectivity index (χ1n) is 8.23. The third kappa shape index (κ3) is 6.43. The van der Waals surface area contributed by atoms with Gasteiger partial charge in [-0.15, -0.1) is 0 Å². The highest BCUT2D eigenvalue weighted by atomic mass is 79.9. The highest BCUT2D eigenvalue weighted by Gasteiger charge is 2.30. The summed E-state index contributed by atoms with van der Waals surface area (Å²) in [7, 11) is 0. The third-order valence-corrected chi connectivity index (χ3v) is 5.10. The molecule has 1 aliphatic heterocycles. The van der Waals surface area contributed by atoms with Gasteiger partial charge >= 0.3 is 0 Å². The second-order valence-corrected chi connectivity index (χ2v) is 8.43. The van der Waals surface area contributed by atoms with Crippen LogP contribution >= 0.6 is 39.1 Å². The lowest BCUT2D eigenvalue weighted by atomic mass is 10.0. The van der Waals surface area contributed by atoms with E-state index in [1.54, 1.807) is 20.8 Å². The van der Waals surface area contributed by atoms with Gasteiger partial charge in [-0.3, -0.25) is 9.59 Å². The molecule has 0 aliphatic carbocycles. The van der Waals surface area contributed by atoms with E-state index < -0.39 is 5.82 Å². The minimum atomic E-state index is -0.790. The zero-order valence-corrected chi connectivity index (χ0v) is 18.9. The second kappa shape index (κ2) is 9.85. The minimum Gasteiger partial charge on any atom is -0.465 e. The molecule has 1 N–H and O–H groups in total. The van der Waals surface area contributed by atoms with E-state index in [2.05, 4.69) is 44.8 Å². The smallest absolute Gasteiger partial charge is 0.293 e. The Morgan fingerprint density at radius 3 is 2.37 bits per heavy atom. The lowest BCUT2D eigenvalue weighted by Crippen LogP contribution is -2.31. The Kier molecular flexibility index (Phi) is 8.70. The fraction of sp³-hybridized carbons (Fsp3) is 0.500. The van der Waals surface area contributed by atoms with Crippen LogP contribution in [-0.4, -0.2) is 28.9 Å². The van der Waals surface area contributed by atoms with Gasteiger partial charge in [0.25, 0.3) is 6.47 Å². The molecular weight excluding hydrogens is 462 g/mol. The lowest BCUT2D eigenvalue weighted by molar-refractivity contribution is -0.131. The van der Waals surface area contributed by atoms with Crippen LogP contribution in [0.15, 0.2) is 15.7 Å². The van der Waals surface area contributed by atoms with Crippen molar-refractivity contribution in [3.8, 4) is 0 Å². The van der Waals surface area contributed by atoms with Crippen LogP contribution in [0.4, 0.5) is 4.39 Å². The van der Waals surface area contributed by atoms with Crippen molar-refractivity contribution in [2.75, 3.05) is 0 Å². The van der Waals surface area contributed by atoms with Crippen molar-refractivity contribution >= 4 is 51.4 Å². The van der Waals surface area contributed by atoms with E-state index >= 15 is 0 Å². The van der Waals surface area contributed by atoms with Crippen molar-refractivity contribution in [1.29, 1.82) is 0 Å². The van der Waals surface area contributed by atoms with Gasteiger partial charge in [-0.1, -0.05) is 23.2 Å². The van der Waals surface area contributed by atoms with E-state index in [-0.39, 0.29) is 37.8 Å². The summed E-state index contributed by atoms with van der Waals surface area (Å²) in [5.74, 6) is -1.16. The SMILES string of the molecule is C/C(C(=O)c1c(Cl)nc(Cl)c(F)c1Br)=C1\CCC(C)(C)N1.CC(C)OC=O. The molecule has 1 aromatic heterocycles. The topological polar surface area (TPSA) is 68.3 Å². The van der Waals surface area contributed by atoms with E-state index in [1.165, 1.54) is 0 Å². The largest absolute Gasteiger partial charge is 0.465 e. The summed E-state index contributed by atoms with van der Waals surface area (Å²) in [4.78, 5) is 25.6. The normalized spacial score (nSPS) is 17.0. The maximum Gasteiger partial charge on any atom is 0.293 e. The Morgan fingerprint density at radius 2 is 1.96 bits per heavy atom. The molecule has 1 aliphatic rings. The molecule has 0 unspecified atom stereocenters. The van der Waals surface area contributed by atoms with Crippen LogP contribution in [0, 0.1) is 5.82 Å². The second-order valence-electron chi connectivity index (χ2n) is 6.92. The van der Waals surface area contributed by atoms with Crippen LogP contribution in [0.3, 0.4) is 0 Å². The van der Waals surface area contributed by atoms with Crippen molar-refractivity contribution in [2.45, 2.75) is 59.1 Å². The van der Waals surface area contributed by atoms with Gasteiger partial charge in [0.15, 0.2) is 16.8 Å². The summed E-state index contributed by atoms with van der Waals surface area (Å²) in [6, 6.07) is 0. The Bertz CT molecular complexity index is 767. The molecule has 0 aromatic carbocycles. The van der Waals surface area contributed by atoms with Crippen molar-refractivity contribution < 1.29 is 18.7 Å². The number of Topliss-reactive ketones (excluding diaryl/α,β-unsaturated/α-hetero) is 1. The van der Waals surface area contributed by atoms with Crippen molar-refractivity contribution in [2.24, 2.45) is 0 Å². The monoisotopic (exact) mass is 482 g/mol. The predicted octanol–water partition coefficient (Wildman–Crippen LogP) is 5.48. The van der Waals surface area contributed by atoms with Crippen molar-refractivity contribution in [3.05, 3.63) is 37.4 Å². The van der Waals surface area contributed by atoms with Crippen LogP contribution in [0.2, 0.25) is 10.3 Å². The van der Waals surface area contributed by atoms with Gasteiger partial charge in [-0.05, 0) is 63.4 Å². The molecule has 1 saturated heterocycles. The average Bonchev–Trinajstić information content (AvgIpc) is 2.92. The number of nitrogens with one attached hydrogen (secondary N) is 1. The summed E-state index contributed by atoms with van der Waals surface area (Å²) >= 11 is 14.6. The first-order valence-corrected chi connectivity index (χ1v) is 9.78. The molecule has 5 nitrogen and oxygen atoms in total. The van der Waals surface area contributed by atoms with Gasteiger partial charge in [-0.25, -0.2) is 9.37 Å². The number of hydrogen-bond donors (Lipinski definition) is 1. The van der Waals surface area contributed by atoms with Gasteiger partial charge in [-0.2, -0.15) is 0 Å². The zero-order chi connectivity index (χ0) is 20.9. The molecule has 27 heavy (non-hydrogen) atoms. The molecule has 1 fully saturated rings. The van der Waals surface area contributed by atoms with Gasteiger partial charge in [0, 0.05) is 16.8 Å². The maximum absolute atomic E-state index is 13.8. The van der Waals surface area contributed by atoms with Crippen molar-refractivity contribution in [3.63, 3.8) is 0 Å². The number of aromatic nitrogens is 1. The quantitative estimate of drug-likeness (QED) is 0.266. The van der Waals surface area contributed by atoms with E-state index in [4.69, 9.17) is 23.2 Å². The number of ketones is 1. The summed E-state index contributed by atoms with van der Waals surface area (Å²) < 4.78 is 18.1. The number of nitrogens with zero attached hydrogens (tertiary/aromatic N) is 1. The van der Waals surface area contributed by atoms with Crippen molar-refractivity contribution in [1.82, 2.24) is 10.3 Å². The van der Waals surface area contributed by atoms with E-state index in [0.29, 0.717) is 12.0 Å². The number of ether oxygens (including phenoxy) is 1. The highest BCUT2D eigenvalue weighted by Crippen LogP contribution is 2.34. The molecule has 0 radical (unpaired) electrons. The zero-order valence-electron chi connectivity index (χ0n) is 15.8. The average molecular weight is 484 g/mol. The number of carbonyl (C=O) groups is 2. The van der Waals surface area contributed by atoms with Gasteiger partial charge in [0.05, 0.1) is 16.1 Å². The molecule has 150 valence electrons. The molecule has 1 aromatic rings. The number of hydrogen-bond acceptors (Lipinski definition) is 5. The van der Waals surface area contributed by atoms with E-state index in [1.807, 2.05) is 0 Å². The molecule has 0 saturated carbocycles. The third-order valence-electron chi connectivity index (χ3n) is 3.83. The summed E-state index contributed by atoms with van der Waals surface area (Å²) in [6.07, 6.45) is 1.72. The van der Waals surface area contributed by atoms with Crippen LogP contribution in [0.5, 0.6) is 0 Å². The van der Waals surface area contributed by atoms with Gasteiger partial charge < -0.3 is 10.1 Å². The number of halogens is 4. The Labute approximate surface area is 176 Å². The summed E-state index contributed by atoms with van der Waals surface area (Å²) in [5, 5.41) is 2.82. The Morgan fingerprint density at radius 1 is 1.37 bits per heavy atom. The number of allylic oxidation sites excluding steroid dienone is 2. The summed E-state index contributed by atoms with van der Waals surface area (Å²) in [6.45, 7) is 9.86. The molecule has 0 spiro atoms. The minimum absolute atomic E-state index is 0.00456. The van der Waals surface area contributed by atoms with Crippen LogP contribution in [0.25, 0.3) is 0 Å². The van der Waals surface area contributed by atoms with Gasteiger partial charge in [0.2, 0.25) is 0 Å². The lowest BCUT2D eigenvalue weighted by Gasteiger charge is -2.19. The molecule has 0 atom stereocenters. The highest BCUT2D eigenvalue weighted by molar-refractivity contribution is 9.10. The fourth-order valence-corrected chi connectivity index (χ4v) is 3.63. The molecule has 2 heterocycles. The Hall–Kier alpha value is -1.18. The number of rotatable bonds is 4. The van der Waals surface area contributed by atoms with E-state index in [9.17, 15) is 14.0 Å². The molecule has 0 amide bonds. The predicted molar refractivity (Wildman–Crippen MR) is 108 cm³/mol. The fourth-order valence-electron chi connectivity index (χ4n) is 2.36. The molecular formula is C18H22BrCl2FN2O3. The Balaban J connectivity index is 0.000000527. The van der Waals surface area contributed by atoms with Crippen LogP contribution in [-0.2, 0) is 9.53 Å². The van der Waals surface area contributed by atoms with Crippen LogP contribution in [0.1, 0.15) is 57.8 Å². The molecule has 9 heteroatoms. The number of pyridine rings is 1. The first-order chi connectivity index (χ1) is 12.4. The standard InChI is InChI=1S/C14H14BrCl2FN2O.C4H8O2/c1-6(7-4-5-14(2,3)20-7)11(21)8-9(15)10(18)13(17)19-12(8)16;1-4(2)6-3-5/h20H,4-5H2,1-3H3;3-4H,1-2H3/b7-6-;. The maximum atomic E-state index is 13.8. The molecule has 0 bridgehead atoms. The molecule has 2 rings (SSSR count). The van der Waals surface area contributed by atoms with E-state index in [0.717, 1.165) is 18.5 Å². The first kappa shape index (κ1) is 23.9. The number of carbonyl (C=O) groups excluding carboxylic acids is 2. The van der Waals surface area contributed by atoms with Crippen LogP contribution < -0.4 is 5.32 Å².